The summed E-state index contributed by atoms with van der Waals surface area (Å²) in [6.07, 6.45) is -11.1. The fourth-order valence-corrected chi connectivity index (χ4v) is 4.80. The molecule has 5 atom stereocenters. The fraction of sp³-hybridized carbons (Fsp3) is 0.684. The van der Waals surface area contributed by atoms with Gasteiger partial charge >= 0.3 is 11.9 Å². The number of methoxy groups -OCH3 is 1. The van der Waals surface area contributed by atoms with Gasteiger partial charge in [-0.15, -0.1) is 0 Å². The Morgan fingerprint density at radius 1 is 1.18 bits per heavy atom. The molecule has 0 radical (unpaired) electrons. The number of hydrogen-bond donors (Lipinski definition) is 2. The minimum Gasteiger partial charge on any atom is -0.373 e. The van der Waals surface area contributed by atoms with Crippen molar-refractivity contribution in [2.45, 2.75) is 55.8 Å². The summed E-state index contributed by atoms with van der Waals surface area (Å²) >= 11 is 0. The molecule has 1 aromatic rings. The van der Waals surface area contributed by atoms with Crippen molar-refractivity contribution < 1.29 is 35.5 Å². The second-order valence-corrected chi connectivity index (χ2v) is 8.49. The highest BCUT2D eigenvalue weighted by molar-refractivity contribution is 5.74. The van der Waals surface area contributed by atoms with Gasteiger partial charge in [0.1, 0.15) is 24.1 Å². The topological polar surface area (TPSA) is 93.3 Å². The van der Waals surface area contributed by atoms with E-state index in [-0.39, 0.29) is 5.69 Å². The lowest BCUT2D eigenvalue weighted by Crippen LogP contribution is -2.49. The smallest absolute Gasteiger partial charge is 0.373 e. The molecule has 2 aliphatic carbocycles. The van der Waals surface area contributed by atoms with Gasteiger partial charge in [-0.1, -0.05) is 0 Å². The van der Waals surface area contributed by atoms with Gasteiger partial charge in [-0.2, -0.15) is 13.2 Å². The Bertz CT molecular complexity index is 1080. The normalized spacial score (nSPS) is 29.6. The molecule has 184 valence electrons. The fourth-order valence-electron chi connectivity index (χ4n) is 4.80. The van der Waals surface area contributed by atoms with E-state index < -0.39 is 90.2 Å². The lowest BCUT2D eigenvalue weighted by Gasteiger charge is -2.38. The van der Waals surface area contributed by atoms with E-state index in [1.165, 1.54) is 0 Å². The molecule has 7 nitrogen and oxygen atoms in total. The standard InChI is InChI=1S/C19H21F7N4O3/c1-33-14-12-10(17(31)28-18(32)30(12)6-2-3-6)9(16(22)23)11(21)13(14)29-4-7(8(20)5-29)15(27)19(24,25)26/h6-8,13-16H,2-5,27H2,1H3,(H,28,31,32). The van der Waals surface area contributed by atoms with Crippen molar-refractivity contribution in [2.24, 2.45) is 11.7 Å². The van der Waals surface area contributed by atoms with Crippen LogP contribution in [0.25, 0.3) is 5.57 Å². The van der Waals surface area contributed by atoms with Crippen molar-refractivity contribution in [3.05, 3.63) is 37.9 Å². The maximum Gasteiger partial charge on any atom is 0.404 e. The number of halogens is 7. The minimum absolute atomic E-state index is 0.297. The summed E-state index contributed by atoms with van der Waals surface area (Å²) in [7, 11) is 1.08. The van der Waals surface area contributed by atoms with Crippen LogP contribution in [0, 0.1) is 5.92 Å². The Balaban J connectivity index is 1.86. The summed E-state index contributed by atoms with van der Waals surface area (Å²) in [5, 5.41) is 0. The van der Waals surface area contributed by atoms with Gasteiger partial charge in [0.2, 0.25) is 0 Å². The predicted octanol–water partition coefficient (Wildman–Crippen LogP) is 2.05. The molecule has 33 heavy (non-hydrogen) atoms. The number of nitrogens with zero attached hydrogens (tertiary/aromatic N) is 2. The average Bonchev–Trinajstić information content (AvgIpc) is 3.47. The van der Waals surface area contributed by atoms with Gasteiger partial charge in [-0.05, 0) is 12.8 Å². The number of hydrogen-bond acceptors (Lipinski definition) is 5. The van der Waals surface area contributed by atoms with Crippen molar-refractivity contribution in [1.82, 2.24) is 14.5 Å². The van der Waals surface area contributed by atoms with Crippen LogP contribution in [0.5, 0.6) is 0 Å². The Morgan fingerprint density at radius 3 is 2.33 bits per heavy atom. The van der Waals surface area contributed by atoms with Crippen LogP contribution in [0.4, 0.5) is 30.7 Å². The van der Waals surface area contributed by atoms with E-state index in [0.717, 1.165) is 16.6 Å². The second kappa shape index (κ2) is 8.24. The first-order valence-electron chi connectivity index (χ1n) is 10.2. The molecular formula is C19H21F7N4O3. The highest BCUT2D eigenvalue weighted by atomic mass is 19.4. The number of aromatic nitrogens is 2. The Labute approximate surface area is 182 Å². The third-order valence-corrected chi connectivity index (χ3v) is 6.46. The summed E-state index contributed by atoms with van der Waals surface area (Å²) in [6.45, 7) is -1.42. The van der Waals surface area contributed by atoms with Crippen molar-refractivity contribution in [3.8, 4) is 0 Å². The van der Waals surface area contributed by atoms with E-state index in [1.54, 1.807) is 0 Å². The van der Waals surface area contributed by atoms with Crippen LogP contribution in [0.3, 0.4) is 0 Å². The van der Waals surface area contributed by atoms with Gasteiger partial charge in [-0.3, -0.25) is 19.2 Å². The zero-order chi connectivity index (χ0) is 24.4. The molecular weight excluding hydrogens is 465 g/mol. The van der Waals surface area contributed by atoms with Crippen LogP contribution in [0.2, 0.25) is 0 Å². The molecule has 14 heteroatoms. The first-order chi connectivity index (χ1) is 15.4. The summed E-state index contributed by atoms with van der Waals surface area (Å²) < 4.78 is 104. The molecule has 4 rings (SSSR count). The number of H-pyrrole nitrogens is 1. The number of aromatic amines is 1. The average molecular weight is 486 g/mol. The van der Waals surface area contributed by atoms with Crippen molar-refractivity contribution in [1.29, 1.82) is 0 Å². The third kappa shape index (κ3) is 3.91. The van der Waals surface area contributed by atoms with E-state index in [0.29, 0.717) is 12.8 Å². The quantitative estimate of drug-likeness (QED) is 0.622. The second-order valence-electron chi connectivity index (χ2n) is 8.49. The maximum atomic E-state index is 15.5. The number of nitrogens with two attached hydrogens (primary N) is 1. The molecule has 0 spiro atoms. The minimum atomic E-state index is -4.92. The van der Waals surface area contributed by atoms with Gasteiger partial charge in [0.05, 0.1) is 22.9 Å². The van der Waals surface area contributed by atoms with Crippen LogP contribution in [-0.4, -0.2) is 65.5 Å². The van der Waals surface area contributed by atoms with E-state index in [2.05, 4.69) is 0 Å². The molecule has 1 aliphatic heterocycles. The zero-order valence-electron chi connectivity index (χ0n) is 17.2. The van der Waals surface area contributed by atoms with Crippen LogP contribution in [0.15, 0.2) is 15.4 Å². The molecule has 5 unspecified atom stereocenters. The van der Waals surface area contributed by atoms with Crippen LogP contribution in [0.1, 0.15) is 36.2 Å². The molecule has 3 aliphatic rings. The van der Waals surface area contributed by atoms with Gasteiger partial charge in [0, 0.05) is 32.2 Å². The van der Waals surface area contributed by atoms with Crippen LogP contribution >= 0.6 is 0 Å². The summed E-state index contributed by atoms with van der Waals surface area (Å²) in [6, 6.07) is -4.77. The number of rotatable bonds is 5. The van der Waals surface area contributed by atoms with E-state index >= 15 is 4.39 Å². The molecule has 1 saturated carbocycles. The first kappa shape index (κ1) is 24.0. The Morgan fingerprint density at radius 2 is 1.82 bits per heavy atom. The highest BCUT2D eigenvalue weighted by Gasteiger charge is 2.53. The molecule has 2 heterocycles. The number of fused-ring (bicyclic) bond motifs is 1. The van der Waals surface area contributed by atoms with Crippen molar-refractivity contribution >= 4 is 5.57 Å². The monoisotopic (exact) mass is 486 g/mol. The molecule has 0 amide bonds. The van der Waals surface area contributed by atoms with E-state index in [1.807, 2.05) is 4.98 Å². The van der Waals surface area contributed by atoms with Crippen LogP contribution < -0.4 is 17.0 Å². The Kier molecular flexibility index (Phi) is 5.98. The maximum absolute atomic E-state index is 15.5. The molecule has 1 saturated heterocycles. The third-order valence-electron chi connectivity index (χ3n) is 6.46. The summed E-state index contributed by atoms with van der Waals surface area (Å²) in [5.41, 5.74) is 0.681. The van der Waals surface area contributed by atoms with E-state index in [4.69, 9.17) is 10.5 Å². The van der Waals surface area contributed by atoms with E-state index in [9.17, 15) is 35.9 Å². The number of nitrogens with one attached hydrogen (secondary N) is 1. The zero-order valence-corrected chi connectivity index (χ0v) is 17.2. The first-order valence-corrected chi connectivity index (χ1v) is 10.2. The number of likely N-dealkylation sites (tertiary alicyclic amines) is 1. The molecule has 0 aromatic carbocycles. The molecule has 1 aromatic heterocycles. The number of allylic oxidation sites excluding steroid dienone is 1. The molecule has 2 fully saturated rings. The lowest BCUT2D eigenvalue weighted by atomic mass is 9.87. The van der Waals surface area contributed by atoms with Crippen molar-refractivity contribution in [2.75, 3.05) is 20.2 Å². The predicted molar refractivity (Wildman–Crippen MR) is 101 cm³/mol. The largest absolute Gasteiger partial charge is 0.404 e. The number of alkyl halides is 6. The van der Waals surface area contributed by atoms with Gasteiger partial charge in [-0.25, -0.2) is 22.4 Å². The molecule has 3 N–H and O–H groups in total. The SMILES string of the molecule is COC1c2c(c(=O)[nH]c(=O)n2C2CC2)C(C(F)F)=C(F)C1N1CC(F)C(C(N)C(F)(F)F)C1. The lowest BCUT2D eigenvalue weighted by molar-refractivity contribution is -0.161. The highest BCUT2D eigenvalue weighted by Crippen LogP contribution is 2.47. The van der Waals surface area contributed by atoms with Gasteiger partial charge in [0.25, 0.3) is 12.0 Å². The summed E-state index contributed by atoms with van der Waals surface area (Å²) in [5.74, 6) is -3.29. The van der Waals surface area contributed by atoms with Gasteiger partial charge < -0.3 is 10.5 Å². The summed E-state index contributed by atoms with van der Waals surface area (Å²) in [4.78, 5) is 27.8. The van der Waals surface area contributed by atoms with Gasteiger partial charge in [0.15, 0.2) is 0 Å². The number of ether oxygens (including phenoxy) is 1. The van der Waals surface area contributed by atoms with Crippen LogP contribution in [-0.2, 0) is 4.74 Å². The molecule has 0 bridgehead atoms. The van der Waals surface area contributed by atoms with Crippen molar-refractivity contribution in [3.63, 3.8) is 0 Å². The Hall–Kier alpha value is -2.19.